The fourth-order valence-corrected chi connectivity index (χ4v) is 4.00. The van der Waals surface area contributed by atoms with Gasteiger partial charge in [-0.2, -0.15) is 0 Å². The number of hydrogen-bond donors (Lipinski definition) is 1. The van der Waals surface area contributed by atoms with Crippen molar-refractivity contribution in [1.82, 2.24) is 4.98 Å². The number of aliphatic hydroxyl groups excluding tert-OH is 1. The molecule has 4 rings (SSSR count). The Balaban J connectivity index is 1.76. The largest absolute Gasteiger partial charge is 0.473 e. The normalized spacial score (nSPS) is 15.5. The molecule has 1 aliphatic heterocycles. The molecule has 0 aliphatic carbocycles. The van der Waals surface area contributed by atoms with Gasteiger partial charge in [-0.3, -0.25) is 4.79 Å². The third-order valence-corrected chi connectivity index (χ3v) is 5.63. The van der Waals surface area contributed by atoms with E-state index in [9.17, 15) is 9.90 Å². The number of carbonyl (C=O) groups is 1. The lowest BCUT2D eigenvalue weighted by Crippen LogP contribution is -2.10. The van der Waals surface area contributed by atoms with Crippen LogP contribution in [-0.2, 0) is 29.0 Å². The van der Waals surface area contributed by atoms with E-state index in [0.717, 1.165) is 33.5 Å². The quantitative estimate of drug-likeness (QED) is 0.579. The molecule has 0 amide bonds. The van der Waals surface area contributed by atoms with Crippen molar-refractivity contribution in [3.63, 3.8) is 0 Å². The molecule has 31 heavy (non-hydrogen) atoms. The van der Waals surface area contributed by atoms with Gasteiger partial charge in [0.1, 0.15) is 6.61 Å². The van der Waals surface area contributed by atoms with E-state index >= 15 is 0 Å². The lowest BCUT2D eigenvalue weighted by Gasteiger charge is -2.17. The van der Waals surface area contributed by atoms with Crippen molar-refractivity contribution < 1.29 is 19.4 Å². The van der Waals surface area contributed by atoms with Crippen molar-refractivity contribution in [2.24, 2.45) is 0 Å². The summed E-state index contributed by atoms with van der Waals surface area (Å²) in [6.45, 7) is 2.42. The first-order valence-electron chi connectivity index (χ1n) is 10.4. The Morgan fingerprint density at radius 1 is 1.19 bits per heavy atom. The number of benzene rings is 2. The zero-order chi connectivity index (χ0) is 21.8. The number of esters is 1. The molecule has 2 aromatic carbocycles. The molecule has 0 fully saturated rings. The maximum atomic E-state index is 12.1. The second kappa shape index (κ2) is 9.50. The molecule has 0 radical (unpaired) electrons. The van der Waals surface area contributed by atoms with Crippen molar-refractivity contribution in [2.45, 2.75) is 38.9 Å². The summed E-state index contributed by atoms with van der Waals surface area (Å²) in [6.07, 6.45) is 0.556. The van der Waals surface area contributed by atoms with E-state index in [-0.39, 0.29) is 19.0 Å². The lowest BCUT2D eigenvalue weighted by atomic mass is 9.93. The summed E-state index contributed by atoms with van der Waals surface area (Å²) in [4.78, 5) is 16.7. The van der Waals surface area contributed by atoms with E-state index in [1.165, 1.54) is 0 Å². The van der Waals surface area contributed by atoms with Crippen LogP contribution in [0.2, 0.25) is 5.02 Å². The van der Waals surface area contributed by atoms with Gasteiger partial charge in [0, 0.05) is 16.7 Å². The van der Waals surface area contributed by atoms with Crippen molar-refractivity contribution >= 4 is 17.6 Å². The van der Waals surface area contributed by atoms with Gasteiger partial charge in [-0.25, -0.2) is 4.98 Å². The Labute approximate surface area is 186 Å². The van der Waals surface area contributed by atoms with Gasteiger partial charge in [0.2, 0.25) is 5.88 Å². The topological polar surface area (TPSA) is 68.7 Å². The number of pyridine rings is 1. The summed E-state index contributed by atoms with van der Waals surface area (Å²) < 4.78 is 11.1. The first kappa shape index (κ1) is 21.3. The highest BCUT2D eigenvalue weighted by molar-refractivity contribution is 6.30. The molecule has 160 valence electrons. The predicted octanol–water partition coefficient (Wildman–Crippen LogP) is 5.07. The van der Waals surface area contributed by atoms with Gasteiger partial charge in [0.05, 0.1) is 24.8 Å². The Morgan fingerprint density at radius 2 is 2.06 bits per heavy atom. The summed E-state index contributed by atoms with van der Waals surface area (Å²) in [7, 11) is 0. The smallest absolute Gasteiger partial charge is 0.310 e. The van der Waals surface area contributed by atoms with Crippen LogP contribution in [0, 0.1) is 0 Å². The molecule has 4 bridgehead atoms. The van der Waals surface area contributed by atoms with Crippen molar-refractivity contribution in [3.8, 4) is 17.1 Å². The van der Waals surface area contributed by atoms with E-state index in [2.05, 4.69) is 4.98 Å². The van der Waals surface area contributed by atoms with Crippen LogP contribution < -0.4 is 4.74 Å². The monoisotopic (exact) mass is 437 g/mol. The van der Waals surface area contributed by atoms with Gasteiger partial charge >= 0.3 is 5.97 Å². The number of halogens is 1. The van der Waals surface area contributed by atoms with E-state index < -0.39 is 6.10 Å². The van der Waals surface area contributed by atoms with Crippen LogP contribution in [0.3, 0.4) is 0 Å². The fourth-order valence-electron chi connectivity index (χ4n) is 3.82. The summed E-state index contributed by atoms with van der Waals surface area (Å²) in [5.74, 6) is 0.241. The summed E-state index contributed by atoms with van der Waals surface area (Å²) in [6, 6.07) is 17.0. The van der Waals surface area contributed by atoms with E-state index in [1.54, 1.807) is 19.1 Å². The van der Waals surface area contributed by atoms with Gasteiger partial charge in [-0.15, -0.1) is 0 Å². The zero-order valence-electron chi connectivity index (χ0n) is 17.3. The molecule has 6 heteroatoms. The number of aromatic nitrogens is 1. The summed E-state index contributed by atoms with van der Waals surface area (Å²) in [5.41, 5.74) is 5.20. The van der Waals surface area contributed by atoms with Gasteiger partial charge in [0.25, 0.3) is 0 Å². The maximum absolute atomic E-state index is 12.1. The molecule has 3 aromatic rings. The number of nitrogens with zero attached hydrogens (tertiary/aromatic N) is 1. The van der Waals surface area contributed by atoms with Gasteiger partial charge in [-0.1, -0.05) is 35.9 Å². The third kappa shape index (κ3) is 5.06. The number of hydrogen-bond acceptors (Lipinski definition) is 5. The maximum Gasteiger partial charge on any atom is 0.310 e. The molecule has 1 unspecified atom stereocenters. The number of carbonyl (C=O) groups excluding carboxylic acids is 1. The molecule has 1 atom stereocenters. The van der Waals surface area contributed by atoms with Crippen molar-refractivity contribution in [1.29, 1.82) is 0 Å². The van der Waals surface area contributed by atoms with Crippen LogP contribution in [0.4, 0.5) is 0 Å². The minimum absolute atomic E-state index is 0.193. The Bertz CT molecular complexity index is 1100. The third-order valence-electron chi connectivity index (χ3n) is 5.40. The summed E-state index contributed by atoms with van der Waals surface area (Å²) in [5, 5.41) is 11.5. The molecule has 0 spiro atoms. The molecule has 2 heterocycles. The molecule has 5 nitrogen and oxygen atoms in total. The zero-order valence-corrected chi connectivity index (χ0v) is 18.1. The van der Waals surface area contributed by atoms with Crippen LogP contribution in [0.1, 0.15) is 41.7 Å². The molecule has 1 aliphatic rings. The molecular weight excluding hydrogens is 414 g/mol. The lowest BCUT2D eigenvalue weighted by molar-refractivity contribution is -0.142. The number of fused-ring (bicyclic) bond motifs is 6. The van der Waals surface area contributed by atoms with Gasteiger partial charge < -0.3 is 14.6 Å². The van der Waals surface area contributed by atoms with Crippen LogP contribution in [0.25, 0.3) is 11.3 Å². The first-order valence-corrected chi connectivity index (χ1v) is 10.8. The average molecular weight is 438 g/mol. The number of ether oxygens (including phenoxy) is 2. The van der Waals surface area contributed by atoms with Crippen molar-refractivity contribution in [2.75, 3.05) is 6.61 Å². The molecule has 0 saturated heterocycles. The SMILES string of the molecule is CCOC(=O)Cc1ccc2cc1CCC(O)c1cc(Cl)ccc1COc1cccc-2n1. The highest BCUT2D eigenvalue weighted by Crippen LogP contribution is 2.30. The fraction of sp³-hybridized carbons (Fsp3) is 0.280. The van der Waals surface area contributed by atoms with E-state index in [4.69, 9.17) is 21.1 Å². The van der Waals surface area contributed by atoms with Crippen LogP contribution in [-0.4, -0.2) is 22.7 Å². The van der Waals surface area contributed by atoms with Crippen LogP contribution in [0.15, 0.2) is 54.6 Å². The van der Waals surface area contributed by atoms with E-state index in [1.807, 2.05) is 42.5 Å². The Kier molecular flexibility index (Phi) is 6.54. The number of rotatable bonds is 3. The van der Waals surface area contributed by atoms with Crippen LogP contribution >= 0.6 is 11.6 Å². The van der Waals surface area contributed by atoms with Crippen LogP contribution in [0.5, 0.6) is 5.88 Å². The second-order valence-corrected chi connectivity index (χ2v) is 7.95. The number of aryl methyl sites for hydroxylation is 1. The first-order chi connectivity index (χ1) is 15.0. The average Bonchev–Trinajstić information content (AvgIpc) is 2.77. The molecular formula is C25H24ClNO4. The number of aliphatic hydroxyl groups is 1. The summed E-state index contributed by atoms with van der Waals surface area (Å²) >= 11 is 6.20. The van der Waals surface area contributed by atoms with Crippen molar-refractivity contribution in [3.05, 3.63) is 81.9 Å². The molecule has 0 saturated carbocycles. The van der Waals surface area contributed by atoms with E-state index in [0.29, 0.717) is 30.4 Å². The minimum atomic E-state index is -0.715. The predicted molar refractivity (Wildman–Crippen MR) is 119 cm³/mol. The molecule has 1 aromatic heterocycles. The molecule has 1 N–H and O–H groups in total. The highest BCUT2D eigenvalue weighted by atomic mass is 35.5. The van der Waals surface area contributed by atoms with Gasteiger partial charge in [-0.05, 0) is 66.3 Å². The standard InChI is InChI=1S/C25H24ClNO4/c1-2-30-25(29)13-17-6-7-18-12-16(17)9-11-23(28)21-14-20(26)10-8-19(21)15-31-24-5-3-4-22(18)27-24/h3-8,10,12,14,23,28H,2,9,11,13,15H2,1H3. The minimum Gasteiger partial charge on any atom is -0.473 e. The Hall–Kier alpha value is -2.89. The highest BCUT2D eigenvalue weighted by Gasteiger charge is 2.18. The second-order valence-electron chi connectivity index (χ2n) is 7.51. The van der Waals surface area contributed by atoms with Gasteiger partial charge in [0.15, 0.2) is 0 Å². The Morgan fingerprint density at radius 3 is 2.90 bits per heavy atom.